The topological polar surface area (TPSA) is 54.7 Å². The summed E-state index contributed by atoms with van der Waals surface area (Å²) < 4.78 is 21.7. The smallest absolute Gasteiger partial charge is 0.194 e. The first-order valence-electron chi connectivity index (χ1n) is 9.51. The van der Waals surface area contributed by atoms with Gasteiger partial charge in [-0.3, -0.25) is 0 Å². The highest BCUT2D eigenvalue weighted by atomic mass is 19.1. The fourth-order valence-corrected chi connectivity index (χ4v) is 2.74. The third-order valence-electron chi connectivity index (χ3n) is 4.52. The van der Waals surface area contributed by atoms with E-state index >= 15 is 0 Å². The van der Waals surface area contributed by atoms with Crippen LogP contribution in [0.4, 0.5) is 4.39 Å². The minimum Gasteiger partial charge on any atom is -0.379 e. The second-order valence-corrected chi connectivity index (χ2v) is 6.87. The van der Waals surface area contributed by atoms with Gasteiger partial charge >= 0.3 is 0 Å². The lowest BCUT2D eigenvalue weighted by Crippen LogP contribution is -2.40. The predicted molar refractivity (Wildman–Crippen MR) is 105 cm³/mol. The second-order valence-electron chi connectivity index (χ2n) is 6.87. The van der Waals surface area contributed by atoms with Crippen LogP contribution in [0.25, 0.3) is 5.69 Å². The molecule has 0 saturated heterocycles. The number of likely N-dealkylation sites (N-methyl/N-ethyl adjacent to an activating group) is 1. The second kappa shape index (κ2) is 9.50. The van der Waals surface area contributed by atoms with E-state index in [-0.39, 0.29) is 5.82 Å². The Hall–Kier alpha value is -2.41. The number of ether oxygens (including phenoxy) is 1. The van der Waals surface area contributed by atoms with Crippen molar-refractivity contribution in [3.8, 4) is 5.69 Å². The highest BCUT2D eigenvalue weighted by molar-refractivity contribution is 5.79. The van der Waals surface area contributed by atoms with E-state index in [4.69, 9.17) is 4.74 Å². The van der Waals surface area contributed by atoms with Gasteiger partial charge in [-0.1, -0.05) is 6.07 Å². The van der Waals surface area contributed by atoms with E-state index in [0.717, 1.165) is 37.1 Å². The van der Waals surface area contributed by atoms with Crippen molar-refractivity contribution in [2.45, 2.75) is 26.3 Å². The zero-order valence-corrected chi connectivity index (χ0v) is 16.1. The van der Waals surface area contributed by atoms with Gasteiger partial charge < -0.3 is 19.5 Å². The molecule has 2 aromatic rings. The molecule has 0 amide bonds. The van der Waals surface area contributed by atoms with Crippen LogP contribution in [-0.2, 0) is 11.3 Å². The van der Waals surface area contributed by atoms with Crippen molar-refractivity contribution in [2.24, 2.45) is 10.9 Å². The lowest BCUT2D eigenvalue weighted by Gasteiger charge is -2.22. The molecule has 1 saturated carbocycles. The van der Waals surface area contributed by atoms with Crippen molar-refractivity contribution in [3.63, 3.8) is 0 Å². The summed E-state index contributed by atoms with van der Waals surface area (Å²) in [5.74, 6) is 1.29. The maximum absolute atomic E-state index is 14.4. The molecule has 27 heavy (non-hydrogen) atoms. The van der Waals surface area contributed by atoms with E-state index < -0.39 is 0 Å². The number of hydrogen-bond acceptors (Lipinski definition) is 3. The number of halogens is 1. The Balaban J connectivity index is 1.57. The third kappa shape index (κ3) is 5.79. The first-order chi connectivity index (χ1) is 13.2. The van der Waals surface area contributed by atoms with Crippen LogP contribution in [0.5, 0.6) is 0 Å². The molecule has 0 radical (unpaired) electrons. The summed E-state index contributed by atoms with van der Waals surface area (Å²) >= 11 is 0. The van der Waals surface area contributed by atoms with Gasteiger partial charge in [-0.05, 0) is 43.4 Å². The summed E-state index contributed by atoms with van der Waals surface area (Å²) in [6, 6.07) is 5.18. The lowest BCUT2D eigenvalue weighted by atomic mass is 10.2. The van der Waals surface area contributed by atoms with Crippen LogP contribution in [-0.4, -0.2) is 53.8 Å². The molecule has 7 heteroatoms. The first kappa shape index (κ1) is 19.4. The van der Waals surface area contributed by atoms with Gasteiger partial charge in [0.2, 0.25) is 0 Å². The molecule has 3 rings (SSSR count). The summed E-state index contributed by atoms with van der Waals surface area (Å²) in [6.45, 7) is 5.55. The summed E-state index contributed by atoms with van der Waals surface area (Å²) in [5.41, 5.74) is 1.31. The van der Waals surface area contributed by atoms with Crippen molar-refractivity contribution in [2.75, 3.05) is 33.4 Å². The fraction of sp³-hybridized carbons (Fsp3) is 0.500. The van der Waals surface area contributed by atoms with E-state index in [1.165, 1.54) is 18.9 Å². The molecule has 1 N–H and O–H groups in total. The molecule has 6 nitrogen and oxygen atoms in total. The Kier molecular flexibility index (Phi) is 6.81. The van der Waals surface area contributed by atoms with Crippen LogP contribution < -0.4 is 5.32 Å². The standard InChI is InChI=1S/C20H28FN5O/c1-3-23-20(25(2)10-11-27-14-16-4-5-16)24-13-17-6-7-19(18(21)12-17)26-9-8-22-15-26/h6-9,12,15-16H,3-5,10-11,13-14H2,1-2H3,(H,23,24). The number of nitrogens with one attached hydrogen (secondary N) is 1. The Morgan fingerprint density at radius 2 is 2.30 bits per heavy atom. The summed E-state index contributed by atoms with van der Waals surface area (Å²) in [4.78, 5) is 10.6. The molecule has 0 unspecified atom stereocenters. The van der Waals surface area contributed by atoms with Crippen LogP contribution in [0.15, 0.2) is 41.9 Å². The molecule has 1 aromatic carbocycles. The third-order valence-corrected chi connectivity index (χ3v) is 4.52. The average Bonchev–Trinajstić information content (AvgIpc) is 3.33. The van der Waals surface area contributed by atoms with Crippen molar-refractivity contribution in [1.29, 1.82) is 0 Å². The molecule has 1 fully saturated rings. The van der Waals surface area contributed by atoms with E-state index in [1.807, 2.05) is 24.9 Å². The Morgan fingerprint density at radius 3 is 2.96 bits per heavy atom. The van der Waals surface area contributed by atoms with Gasteiger partial charge in [-0.25, -0.2) is 14.4 Å². The number of aliphatic imine (C=N–C) groups is 1. The summed E-state index contributed by atoms with van der Waals surface area (Å²) in [7, 11) is 1.99. The molecule has 0 aliphatic heterocycles. The highest BCUT2D eigenvalue weighted by Crippen LogP contribution is 2.28. The van der Waals surface area contributed by atoms with Gasteiger partial charge in [0.15, 0.2) is 5.96 Å². The molecule has 1 heterocycles. The largest absolute Gasteiger partial charge is 0.379 e. The fourth-order valence-electron chi connectivity index (χ4n) is 2.74. The molecular weight excluding hydrogens is 345 g/mol. The van der Waals surface area contributed by atoms with Crippen LogP contribution in [0, 0.1) is 11.7 Å². The molecule has 1 aliphatic rings. The Labute approximate surface area is 160 Å². The number of benzene rings is 1. The minimum atomic E-state index is -0.285. The molecule has 0 spiro atoms. The summed E-state index contributed by atoms with van der Waals surface area (Å²) in [6.07, 6.45) is 7.54. The predicted octanol–water partition coefficient (Wildman–Crippen LogP) is 2.84. The van der Waals surface area contributed by atoms with E-state index in [1.54, 1.807) is 29.4 Å². The van der Waals surface area contributed by atoms with Crippen LogP contribution in [0.2, 0.25) is 0 Å². The van der Waals surface area contributed by atoms with Gasteiger partial charge in [-0.15, -0.1) is 0 Å². The Morgan fingerprint density at radius 1 is 1.44 bits per heavy atom. The lowest BCUT2D eigenvalue weighted by molar-refractivity contribution is 0.115. The maximum Gasteiger partial charge on any atom is 0.194 e. The van der Waals surface area contributed by atoms with Crippen molar-refractivity contribution in [3.05, 3.63) is 48.3 Å². The van der Waals surface area contributed by atoms with E-state index in [9.17, 15) is 4.39 Å². The van der Waals surface area contributed by atoms with Crippen LogP contribution >= 0.6 is 0 Å². The minimum absolute atomic E-state index is 0.285. The zero-order chi connectivity index (χ0) is 19.1. The number of hydrogen-bond donors (Lipinski definition) is 1. The first-order valence-corrected chi connectivity index (χ1v) is 9.51. The number of guanidine groups is 1. The van der Waals surface area contributed by atoms with Gasteiger partial charge in [0.25, 0.3) is 0 Å². The molecule has 1 aromatic heterocycles. The Bertz CT molecular complexity index is 743. The van der Waals surface area contributed by atoms with E-state index in [0.29, 0.717) is 18.8 Å². The normalized spacial score (nSPS) is 14.4. The van der Waals surface area contributed by atoms with Crippen molar-refractivity contribution >= 4 is 5.96 Å². The molecule has 0 bridgehead atoms. The SMILES string of the molecule is CCNC(=NCc1ccc(-n2ccnc2)c(F)c1)N(C)CCOCC1CC1. The molecule has 146 valence electrons. The number of aromatic nitrogens is 2. The number of rotatable bonds is 9. The molecule has 1 aliphatic carbocycles. The van der Waals surface area contributed by atoms with Crippen molar-refractivity contribution in [1.82, 2.24) is 19.8 Å². The van der Waals surface area contributed by atoms with Crippen LogP contribution in [0.3, 0.4) is 0 Å². The summed E-state index contributed by atoms with van der Waals surface area (Å²) in [5, 5.41) is 3.28. The monoisotopic (exact) mass is 373 g/mol. The highest BCUT2D eigenvalue weighted by Gasteiger charge is 2.21. The van der Waals surface area contributed by atoms with Gasteiger partial charge in [0, 0.05) is 39.1 Å². The van der Waals surface area contributed by atoms with Gasteiger partial charge in [-0.2, -0.15) is 0 Å². The van der Waals surface area contributed by atoms with Gasteiger partial charge in [0.05, 0.1) is 25.2 Å². The molecule has 0 atom stereocenters. The van der Waals surface area contributed by atoms with E-state index in [2.05, 4.69) is 15.3 Å². The molecular formula is C20H28FN5O. The van der Waals surface area contributed by atoms with Crippen molar-refractivity contribution < 1.29 is 9.13 Å². The quantitative estimate of drug-likeness (QED) is 0.417. The van der Waals surface area contributed by atoms with Gasteiger partial charge in [0.1, 0.15) is 5.82 Å². The number of imidazole rings is 1. The van der Waals surface area contributed by atoms with Crippen LogP contribution in [0.1, 0.15) is 25.3 Å². The average molecular weight is 373 g/mol. The number of nitrogens with zero attached hydrogens (tertiary/aromatic N) is 4. The zero-order valence-electron chi connectivity index (χ0n) is 16.1. The maximum atomic E-state index is 14.4.